The summed E-state index contributed by atoms with van der Waals surface area (Å²) < 4.78 is 0. The second kappa shape index (κ2) is 4.08. The van der Waals surface area contributed by atoms with Crippen LogP contribution in [0.5, 0.6) is 0 Å². The standard InChI is InChI=1S/C14H19NS/c1-2-15-9-7-14(8-10-15)11-16-13-6-4-3-5-12(13)14/h3-6H,2,7-11H2,1H3. The van der Waals surface area contributed by atoms with Gasteiger partial charge in [-0.1, -0.05) is 25.1 Å². The number of hydrogen-bond acceptors (Lipinski definition) is 2. The number of nitrogens with zero attached hydrogens (tertiary/aromatic N) is 1. The lowest BCUT2D eigenvalue weighted by Crippen LogP contribution is -2.42. The first-order valence-electron chi connectivity index (χ1n) is 6.29. The van der Waals surface area contributed by atoms with Crippen molar-refractivity contribution in [1.29, 1.82) is 0 Å². The van der Waals surface area contributed by atoms with Crippen molar-refractivity contribution in [1.82, 2.24) is 4.90 Å². The predicted octanol–water partition coefficient (Wildman–Crippen LogP) is 3.15. The molecule has 0 atom stereocenters. The Morgan fingerprint density at radius 1 is 1.25 bits per heavy atom. The van der Waals surface area contributed by atoms with Crippen LogP contribution in [-0.4, -0.2) is 30.3 Å². The minimum atomic E-state index is 0.507. The third-order valence-electron chi connectivity index (χ3n) is 4.22. The maximum absolute atomic E-state index is 2.58. The molecule has 0 aromatic heterocycles. The van der Waals surface area contributed by atoms with Gasteiger partial charge in [0.2, 0.25) is 0 Å². The molecule has 16 heavy (non-hydrogen) atoms. The normalized spacial score (nSPS) is 23.6. The highest BCUT2D eigenvalue weighted by atomic mass is 32.2. The highest BCUT2D eigenvalue weighted by Gasteiger charge is 2.41. The SMILES string of the molecule is CCN1CCC2(CC1)CSc1ccccc12. The van der Waals surface area contributed by atoms with E-state index in [0.717, 1.165) is 0 Å². The first kappa shape index (κ1) is 10.7. The van der Waals surface area contributed by atoms with Crippen molar-refractivity contribution in [3.05, 3.63) is 29.8 Å². The van der Waals surface area contributed by atoms with Gasteiger partial charge in [-0.15, -0.1) is 11.8 Å². The molecule has 0 aliphatic carbocycles. The second-order valence-electron chi connectivity index (χ2n) is 5.00. The van der Waals surface area contributed by atoms with Crippen molar-refractivity contribution in [2.45, 2.75) is 30.1 Å². The van der Waals surface area contributed by atoms with Gasteiger partial charge in [-0.2, -0.15) is 0 Å². The minimum absolute atomic E-state index is 0.507. The zero-order valence-corrected chi connectivity index (χ0v) is 10.7. The molecule has 1 fully saturated rings. The summed E-state index contributed by atoms with van der Waals surface area (Å²) in [7, 11) is 0. The highest BCUT2D eigenvalue weighted by molar-refractivity contribution is 7.99. The molecule has 0 unspecified atom stereocenters. The van der Waals surface area contributed by atoms with E-state index in [-0.39, 0.29) is 0 Å². The Bertz CT molecular complexity index is 380. The lowest BCUT2D eigenvalue weighted by Gasteiger charge is -2.39. The molecule has 2 heteroatoms. The van der Waals surface area contributed by atoms with E-state index in [1.54, 1.807) is 5.56 Å². The van der Waals surface area contributed by atoms with Crippen LogP contribution < -0.4 is 0 Å². The number of rotatable bonds is 1. The predicted molar refractivity (Wildman–Crippen MR) is 70.2 cm³/mol. The Labute approximate surface area is 102 Å². The molecule has 0 amide bonds. The molecule has 1 nitrogen and oxygen atoms in total. The van der Waals surface area contributed by atoms with E-state index in [1.807, 2.05) is 0 Å². The molecule has 0 N–H and O–H groups in total. The number of benzene rings is 1. The Balaban J connectivity index is 1.87. The van der Waals surface area contributed by atoms with Gasteiger partial charge in [-0.05, 0) is 44.1 Å². The molecule has 1 aromatic rings. The van der Waals surface area contributed by atoms with Gasteiger partial charge < -0.3 is 4.90 Å². The fourth-order valence-electron chi connectivity index (χ4n) is 3.04. The van der Waals surface area contributed by atoms with E-state index in [1.165, 1.54) is 43.1 Å². The van der Waals surface area contributed by atoms with E-state index in [2.05, 4.69) is 47.9 Å². The van der Waals surface area contributed by atoms with Crippen LogP contribution in [0.4, 0.5) is 0 Å². The summed E-state index contributed by atoms with van der Waals surface area (Å²) in [6, 6.07) is 9.03. The first-order valence-corrected chi connectivity index (χ1v) is 7.27. The van der Waals surface area contributed by atoms with Crippen LogP contribution in [0.2, 0.25) is 0 Å². The van der Waals surface area contributed by atoms with Crippen molar-refractivity contribution in [2.24, 2.45) is 0 Å². The van der Waals surface area contributed by atoms with Gasteiger partial charge in [0.05, 0.1) is 0 Å². The smallest absolute Gasteiger partial charge is 0.0110 e. The van der Waals surface area contributed by atoms with Gasteiger partial charge in [-0.3, -0.25) is 0 Å². The zero-order chi connectivity index (χ0) is 11.0. The molecule has 2 aliphatic heterocycles. The number of hydrogen-bond donors (Lipinski definition) is 0. The monoisotopic (exact) mass is 233 g/mol. The van der Waals surface area contributed by atoms with Crippen molar-refractivity contribution >= 4 is 11.8 Å². The van der Waals surface area contributed by atoms with E-state index in [4.69, 9.17) is 0 Å². The average Bonchev–Trinajstić information content (AvgIpc) is 2.71. The summed E-state index contributed by atoms with van der Waals surface area (Å²) in [6.45, 7) is 6.05. The Morgan fingerprint density at radius 2 is 2.00 bits per heavy atom. The average molecular weight is 233 g/mol. The van der Waals surface area contributed by atoms with Crippen molar-refractivity contribution in [3.63, 3.8) is 0 Å². The van der Waals surface area contributed by atoms with Crippen molar-refractivity contribution < 1.29 is 0 Å². The topological polar surface area (TPSA) is 3.24 Å². The molecule has 0 radical (unpaired) electrons. The van der Waals surface area contributed by atoms with Crippen molar-refractivity contribution in [3.8, 4) is 0 Å². The zero-order valence-electron chi connectivity index (χ0n) is 9.91. The Morgan fingerprint density at radius 3 is 2.75 bits per heavy atom. The third kappa shape index (κ3) is 1.59. The van der Waals surface area contributed by atoms with Crippen LogP contribution in [0.3, 0.4) is 0 Å². The lowest BCUT2D eigenvalue weighted by molar-refractivity contribution is 0.179. The van der Waals surface area contributed by atoms with E-state index in [9.17, 15) is 0 Å². The summed E-state index contributed by atoms with van der Waals surface area (Å²) in [5, 5.41) is 0. The minimum Gasteiger partial charge on any atom is -0.304 e. The van der Waals surface area contributed by atoms with Gasteiger partial charge in [0, 0.05) is 16.1 Å². The van der Waals surface area contributed by atoms with Crippen LogP contribution in [0.15, 0.2) is 29.2 Å². The molecule has 1 saturated heterocycles. The van der Waals surface area contributed by atoms with Crippen molar-refractivity contribution in [2.75, 3.05) is 25.4 Å². The lowest BCUT2D eigenvalue weighted by atomic mass is 9.74. The number of likely N-dealkylation sites (tertiary alicyclic amines) is 1. The maximum atomic E-state index is 2.58. The molecule has 2 heterocycles. The van der Waals surface area contributed by atoms with Crippen LogP contribution in [-0.2, 0) is 5.41 Å². The van der Waals surface area contributed by atoms with Crippen LogP contribution in [0.1, 0.15) is 25.3 Å². The quantitative estimate of drug-likeness (QED) is 0.733. The molecule has 2 aliphatic rings. The van der Waals surface area contributed by atoms with Gasteiger partial charge >= 0.3 is 0 Å². The maximum Gasteiger partial charge on any atom is 0.0110 e. The van der Waals surface area contributed by atoms with E-state index in [0.29, 0.717) is 5.41 Å². The molecule has 0 bridgehead atoms. The highest BCUT2D eigenvalue weighted by Crippen LogP contribution is 2.49. The largest absolute Gasteiger partial charge is 0.304 e. The van der Waals surface area contributed by atoms with Gasteiger partial charge in [0.1, 0.15) is 0 Å². The molecular formula is C14H19NS. The van der Waals surface area contributed by atoms with Gasteiger partial charge in [-0.25, -0.2) is 0 Å². The molecule has 1 spiro atoms. The number of fused-ring (bicyclic) bond motifs is 2. The molecule has 0 saturated carbocycles. The molecule has 3 rings (SSSR count). The summed E-state index contributed by atoms with van der Waals surface area (Å²) in [6.07, 6.45) is 2.70. The molecule has 86 valence electrons. The van der Waals surface area contributed by atoms with Gasteiger partial charge in [0.15, 0.2) is 0 Å². The Hall–Kier alpha value is -0.470. The first-order chi connectivity index (χ1) is 7.84. The third-order valence-corrected chi connectivity index (χ3v) is 5.59. The summed E-state index contributed by atoms with van der Waals surface area (Å²) in [4.78, 5) is 4.11. The van der Waals surface area contributed by atoms with Crippen LogP contribution in [0.25, 0.3) is 0 Å². The fourth-order valence-corrected chi connectivity index (χ4v) is 4.53. The number of piperidine rings is 1. The summed E-state index contributed by atoms with van der Waals surface area (Å²) in [5.74, 6) is 1.31. The second-order valence-corrected chi connectivity index (χ2v) is 6.02. The number of thioether (sulfide) groups is 1. The Kier molecular flexibility index (Phi) is 2.72. The van der Waals surface area contributed by atoms with Crippen LogP contribution >= 0.6 is 11.8 Å². The summed E-state index contributed by atoms with van der Waals surface area (Å²) in [5.41, 5.74) is 2.14. The van der Waals surface area contributed by atoms with Crippen LogP contribution in [0, 0.1) is 0 Å². The van der Waals surface area contributed by atoms with E-state index < -0.39 is 0 Å². The summed E-state index contributed by atoms with van der Waals surface area (Å²) >= 11 is 2.06. The van der Waals surface area contributed by atoms with E-state index >= 15 is 0 Å². The fraction of sp³-hybridized carbons (Fsp3) is 0.571. The molecular weight excluding hydrogens is 214 g/mol. The van der Waals surface area contributed by atoms with Gasteiger partial charge in [0.25, 0.3) is 0 Å². The molecule has 1 aromatic carbocycles.